The maximum Gasteiger partial charge on any atom is -0.0221 e. The summed E-state index contributed by atoms with van der Waals surface area (Å²) in [6.45, 7) is 6.87. The summed E-state index contributed by atoms with van der Waals surface area (Å²) in [4.78, 5) is 0. The number of fused-ring (bicyclic) bond motifs is 1. The molecule has 0 aromatic heterocycles. The van der Waals surface area contributed by atoms with E-state index in [1.165, 1.54) is 18.4 Å². The van der Waals surface area contributed by atoms with Gasteiger partial charge in [0, 0.05) is 0 Å². The van der Waals surface area contributed by atoms with Gasteiger partial charge in [0.25, 0.3) is 0 Å². The van der Waals surface area contributed by atoms with Crippen LogP contribution in [0, 0.1) is 12.3 Å². The van der Waals surface area contributed by atoms with E-state index in [0.29, 0.717) is 5.41 Å². The fourth-order valence-corrected chi connectivity index (χ4v) is 2.19. The van der Waals surface area contributed by atoms with Crippen LogP contribution in [-0.2, 0) is 12.8 Å². The van der Waals surface area contributed by atoms with E-state index in [9.17, 15) is 0 Å². The topological polar surface area (TPSA) is 0 Å². The highest BCUT2D eigenvalue weighted by Gasteiger charge is 2.27. The first-order chi connectivity index (χ1) is 5.57. The zero-order valence-corrected chi connectivity index (χ0v) is 8.15. The number of aryl methyl sites for hydroxylation is 1. The molecular weight excluding hydrogens is 144 g/mol. The molecule has 0 saturated carbocycles. The van der Waals surface area contributed by atoms with Crippen LogP contribution in [0.4, 0.5) is 0 Å². The average Bonchev–Trinajstić information content (AvgIpc) is 2.21. The number of hydrogen-bond donors (Lipinski definition) is 0. The Morgan fingerprint density at radius 1 is 1.08 bits per heavy atom. The summed E-state index contributed by atoms with van der Waals surface area (Å²) < 4.78 is 0. The summed E-state index contributed by atoms with van der Waals surface area (Å²) in [7, 11) is 0. The molecule has 2 rings (SSSR count). The second-order valence-corrected chi connectivity index (χ2v) is 4.79. The summed E-state index contributed by atoms with van der Waals surface area (Å²) in [6.07, 6.45) is 2.51. The Hall–Kier alpha value is -0.780. The standard InChI is InChI=1S/C12H16/c1-9-4-5-10-7-12(2,3)8-11(10)6-9/h4-6H,7-8H2,1-3H3. The van der Waals surface area contributed by atoms with E-state index in [4.69, 9.17) is 0 Å². The maximum atomic E-state index is 2.35. The highest BCUT2D eigenvalue weighted by molar-refractivity contribution is 5.36. The van der Waals surface area contributed by atoms with Crippen LogP contribution in [0.5, 0.6) is 0 Å². The fraction of sp³-hybridized carbons (Fsp3) is 0.500. The molecule has 0 radical (unpaired) electrons. The highest BCUT2D eigenvalue weighted by Crippen LogP contribution is 2.36. The maximum absolute atomic E-state index is 2.35. The molecular formula is C12H16. The van der Waals surface area contributed by atoms with Crippen molar-refractivity contribution in [2.24, 2.45) is 5.41 Å². The van der Waals surface area contributed by atoms with E-state index in [1.807, 2.05) is 0 Å². The van der Waals surface area contributed by atoms with Crippen molar-refractivity contribution in [2.75, 3.05) is 0 Å². The van der Waals surface area contributed by atoms with Crippen molar-refractivity contribution in [3.8, 4) is 0 Å². The van der Waals surface area contributed by atoms with Crippen molar-refractivity contribution in [1.82, 2.24) is 0 Å². The van der Waals surface area contributed by atoms with Crippen LogP contribution in [0.3, 0.4) is 0 Å². The van der Waals surface area contributed by atoms with Crippen molar-refractivity contribution < 1.29 is 0 Å². The predicted molar refractivity (Wildman–Crippen MR) is 52.4 cm³/mol. The van der Waals surface area contributed by atoms with Gasteiger partial charge in [0.2, 0.25) is 0 Å². The Morgan fingerprint density at radius 3 is 2.50 bits per heavy atom. The molecule has 1 aliphatic carbocycles. The van der Waals surface area contributed by atoms with Gasteiger partial charge < -0.3 is 0 Å². The molecule has 64 valence electrons. The van der Waals surface area contributed by atoms with Crippen LogP contribution < -0.4 is 0 Å². The molecule has 0 atom stereocenters. The molecule has 0 heteroatoms. The van der Waals surface area contributed by atoms with Crippen molar-refractivity contribution in [2.45, 2.75) is 33.6 Å². The Bertz CT molecular complexity index is 308. The van der Waals surface area contributed by atoms with Gasteiger partial charge in [0.05, 0.1) is 0 Å². The molecule has 0 fully saturated rings. The van der Waals surface area contributed by atoms with Gasteiger partial charge in [-0.3, -0.25) is 0 Å². The molecule has 0 spiro atoms. The van der Waals surface area contributed by atoms with E-state index in [2.05, 4.69) is 39.0 Å². The Morgan fingerprint density at radius 2 is 1.75 bits per heavy atom. The quantitative estimate of drug-likeness (QED) is 0.547. The zero-order valence-electron chi connectivity index (χ0n) is 8.15. The lowest BCUT2D eigenvalue weighted by atomic mass is 9.90. The summed E-state index contributed by atoms with van der Waals surface area (Å²) in [5.41, 5.74) is 5.02. The lowest BCUT2D eigenvalue weighted by Gasteiger charge is -2.14. The Balaban J connectivity index is 2.43. The van der Waals surface area contributed by atoms with E-state index in [0.717, 1.165) is 0 Å². The normalized spacial score (nSPS) is 19.2. The van der Waals surface area contributed by atoms with Crippen LogP contribution >= 0.6 is 0 Å². The number of hydrogen-bond acceptors (Lipinski definition) is 0. The molecule has 0 saturated heterocycles. The van der Waals surface area contributed by atoms with E-state index in [1.54, 1.807) is 11.1 Å². The van der Waals surface area contributed by atoms with Gasteiger partial charge in [-0.25, -0.2) is 0 Å². The van der Waals surface area contributed by atoms with Gasteiger partial charge >= 0.3 is 0 Å². The molecule has 1 aliphatic rings. The summed E-state index contributed by atoms with van der Waals surface area (Å²) in [5.74, 6) is 0. The third-order valence-electron chi connectivity index (χ3n) is 2.70. The minimum atomic E-state index is 0.496. The molecule has 1 aromatic carbocycles. The van der Waals surface area contributed by atoms with E-state index in [-0.39, 0.29) is 0 Å². The minimum Gasteiger partial charge on any atom is -0.0593 e. The molecule has 0 nitrogen and oxygen atoms in total. The first kappa shape index (κ1) is 7.85. The van der Waals surface area contributed by atoms with Gasteiger partial charge in [-0.2, -0.15) is 0 Å². The first-order valence-corrected chi connectivity index (χ1v) is 4.65. The van der Waals surface area contributed by atoms with Gasteiger partial charge in [-0.1, -0.05) is 37.6 Å². The zero-order chi connectivity index (χ0) is 8.77. The highest BCUT2D eigenvalue weighted by atomic mass is 14.3. The Labute approximate surface area is 74.6 Å². The molecule has 1 aromatic rings. The van der Waals surface area contributed by atoms with Gasteiger partial charge in [-0.15, -0.1) is 0 Å². The second kappa shape index (κ2) is 2.35. The average molecular weight is 160 g/mol. The predicted octanol–water partition coefficient (Wildman–Crippen LogP) is 3.12. The Kier molecular flexibility index (Phi) is 1.54. The van der Waals surface area contributed by atoms with Crippen molar-refractivity contribution in [3.63, 3.8) is 0 Å². The van der Waals surface area contributed by atoms with Gasteiger partial charge in [-0.05, 0) is 36.3 Å². The molecule has 12 heavy (non-hydrogen) atoms. The lowest BCUT2D eigenvalue weighted by Crippen LogP contribution is -2.09. The van der Waals surface area contributed by atoms with Gasteiger partial charge in [0.1, 0.15) is 0 Å². The number of benzene rings is 1. The SMILES string of the molecule is Cc1ccc2c(c1)CC(C)(C)C2. The molecule has 0 aliphatic heterocycles. The molecule has 0 N–H and O–H groups in total. The summed E-state index contributed by atoms with van der Waals surface area (Å²) in [6, 6.07) is 6.85. The van der Waals surface area contributed by atoms with Crippen molar-refractivity contribution in [3.05, 3.63) is 34.9 Å². The monoisotopic (exact) mass is 160 g/mol. The smallest absolute Gasteiger partial charge is 0.0221 e. The lowest BCUT2D eigenvalue weighted by molar-refractivity contribution is 0.392. The molecule has 0 heterocycles. The molecule has 0 unspecified atom stereocenters. The van der Waals surface area contributed by atoms with Crippen LogP contribution in [0.2, 0.25) is 0 Å². The molecule has 0 bridgehead atoms. The molecule has 0 amide bonds. The summed E-state index contributed by atoms with van der Waals surface area (Å²) >= 11 is 0. The van der Waals surface area contributed by atoms with E-state index < -0.39 is 0 Å². The second-order valence-electron chi connectivity index (χ2n) is 4.79. The fourth-order valence-electron chi connectivity index (χ4n) is 2.19. The first-order valence-electron chi connectivity index (χ1n) is 4.65. The third-order valence-corrected chi connectivity index (χ3v) is 2.70. The number of rotatable bonds is 0. The third kappa shape index (κ3) is 1.26. The summed E-state index contributed by atoms with van der Waals surface area (Å²) in [5, 5.41) is 0. The largest absolute Gasteiger partial charge is 0.0593 e. The van der Waals surface area contributed by atoms with Gasteiger partial charge in [0.15, 0.2) is 0 Å². The van der Waals surface area contributed by atoms with Crippen LogP contribution in [0.15, 0.2) is 18.2 Å². The van der Waals surface area contributed by atoms with Crippen LogP contribution in [-0.4, -0.2) is 0 Å². The van der Waals surface area contributed by atoms with Crippen molar-refractivity contribution >= 4 is 0 Å². The van der Waals surface area contributed by atoms with Crippen LogP contribution in [0.25, 0.3) is 0 Å². The van der Waals surface area contributed by atoms with Crippen molar-refractivity contribution in [1.29, 1.82) is 0 Å². The minimum absolute atomic E-state index is 0.496. The van der Waals surface area contributed by atoms with Crippen LogP contribution in [0.1, 0.15) is 30.5 Å². The van der Waals surface area contributed by atoms with E-state index >= 15 is 0 Å².